The second-order valence-corrected chi connectivity index (χ2v) is 15.4. The quantitative estimate of drug-likeness (QED) is 0.221. The Kier molecular flexibility index (Phi) is 13.0. The molecule has 0 aromatic rings. The lowest BCUT2D eigenvalue weighted by Gasteiger charge is -2.32. The van der Waals surface area contributed by atoms with Crippen LogP contribution in [-0.4, -0.2) is 43.8 Å². The van der Waals surface area contributed by atoms with Crippen molar-refractivity contribution in [2.75, 3.05) is 6.61 Å². The SMILES string of the molecule is CC(C)(CO)CCCCC1CCCC(CCC2CCCC(CCCCC(C)(C)C(=O)O)S2)S1. The van der Waals surface area contributed by atoms with Crippen molar-refractivity contribution in [3.63, 3.8) is 0 Å². The Bertz CT molecular complexity index is 563. The summed E-state index contributed by atoms with van der Waals surface area (Å²) in [5.74, 6) is -0.664. The fourth-order valence-electron chi connectivity index (χ4n) is 5.28. The summed E-state index contributed by atoms with van der Waals surface area (Å²) in [6, 6.07) is 0. The Balaban J connectivity index is 1.60. The smallest absolute Gasteiger partial charge is 0.309 e. The first-order valence-corrected chi connectivity index (χ1v) is 15.6. The molecule has 0 spiro atoms. The molecule has 4 unspecified atom stereocenters. The average Bonchev–Trinajstić information content (AvgIpc) is 2.79. The van der Waals surface area contributed by atoms with Crippen LogP contribution in [0.5, 0.6) is 0 Å². The molecule has 0 radical (unpaired) electrons. The number of aliphatic hydroxyl groups is 1. The van der Waals surface area contributed by atoms with Crippen LogP contribution in [0.1, 0.15) is 130 Å². The van der Waals surface area contributed by atoms with Crippen molar-refractivity contribution in [3.8, 4) is 0 Å². The lowest BCUT2D eigenvalue weighted by atomic mass is 9.87. The number of hydrogen-bond donors (Lipinski definition) is 2. The number of rotatable bonds is 15. The van der Waals surface area contributed by atoms with Gasteiger partial charge in [-0.25, -0.2) is 0 Å². The zero-order chi connectivity index (χ0) is 24.3. The van der Waals surface area contributed by atoms with Gasteiger partial charge in [-0.1, -0.05) is 52.4 Å². The van der Waals surface area contributed by atoms with Crippen molar-refractivity contribution in [3.05, 3.63) is 0 Å². The highest BCUT2D eigenvalue weighted by atomic mass is 32.2. The van der Waals surface area contributed by atoms with Gasteiger partial charge < -0.3 is 10.2 Å². The van der Waals surface area contributed by atoms with Crippen LogP contribution in [0, 0.1) is 10.8 Å². The predicted octanol–water partition coefficient (Wildman–Crippen LogP) is 8.33. The molecule has 0 bridgehead atoms. The average molecular weight is 501 g/mol. The van der Waals surface area contributed by atoms with Gasteiger partial charge in [0, 0.05) is 27.6 Å². The number of carboxylic acids is 1. The molecule has 0 saturated carbocycles. The van der Waals surface area contributed by atoms with Gasteiger partial charge in [-0.2, -0.15) is 23.5 Å². The van der Waals surface area contributed by atoms with Crippen LogP contribution in [0.2, 0.25) is 0 Å². The molecule has 2 heterocycles. The van der Waals surface area contributed by atoms with Crippen molar-refractivity contribution in [2.24, 2.45) is 10.8 Å². The number of unbranched alkanes of at least 4 members (excludes halogenated alkanes) is 2. The third kappa shape index (κ3) is 11.6. The highest BCUT2D eigenvalue weighted by molar-refractivity contribution is 8.00. The molecular formula is C28H52O3S2. The van der Waals surface area contributed by atoms with Gasteiger partial charge in [0.2, 0.25) is 0 Å². The molecular weight excluding hydrogens is 448 g/mol. The molecule has 194 valence electrons. The molecule has 2 aliphatic heterocycles. The van der Waals surface area contributed by atoms with Crippen LogP contribution >= 0.6 is 23.5 Å². The molecule has 4 atom stereocenters. The van der Waals surface area contributed by atoms with Gasteiger partial charge in [-0.15, -0.1) is 0 Å². The zero-order valence-corrected chi connectivity index (χ0v) is 23.6. The van der Waals surface area contributed by atoms with Gasteiger partial charge >= 0.3 is 5.97 Å². The van der Waals surface area contributed by atoms with E-state index < -0.39 is 11.4 Å². The second-order valence-electron chi connectivity index (χ2n) is 12.2. The number of hydrogen-bond acceptors (Lipinski definition) is 4. The molecule has 0 aromatic carbocycles. The lowest BCUT2D eigenvalue weighted by molar-refractivity contribution is -0.147. The van der Waals surface area contributed by atoms with Gasteiger partial charge in [-0.3, -0.25) is 4.79 Å². The van der Waals surface area contributed by atoms with Crippen molar-refractivity contribution in [1.29, 1.82) is 0 Å². The normalized spacial score (nSPS) is 26.9. The summed E-state index contributed by atoms with van der Waals surface area (Å²) in [4.78, 5) is 11.3. The first kappa shape index (κ1) is 29.4. The van der Waals surface area contributed by atoms with Gasteiger partial charge in [0.25, 0.3) is 0 Å². The monoisotopic (exact) mass is 500 g/mol. The summed E-state index contributed by atoms with van der Waals surface area (Å²) >= 11 is 4.56. The molecule has 33 heavy (non-hydrogen) atoms. The van der Waals surface area contributed by atoms with Gasteiger partial charge in [-0.05, 0) is 83.5 Å². The third-order valence-corrected chi connectivity index (χ3v) is 11.3. The number of aliphatic carboxylic acids is 1. The number of carboxylic acid groups (broad SMARTS) is 1. The number of aliphatic hydroxyl groups excluding tert-OH is 1. The Morgan fingerprint density at radius 3 is 1.58 bits per heavy atom. The fraction of sp³-hybridized carbons (Fsp3) is 0.964. The van der Waals surface area contributed by atoms with Crippen LogP contribution < -0.4 is 0 Å². The molecule has 2 fully saturated rings. The predicted molar refractivity (Wildman–Crippen MR) is 146 cm³/mol. The molecule has 0 aliphatic carbocycles. The van der Waals surface area contributed by atoms with E-state index in [1.54, 1.807) is 0 Å². The molecule has 2 saturated heterocycles. The van der Waals surface area contributed by atoms with E-state index in [9.17, 15) is 15.0 Å². The first-order chi connectivity index (χ1) is 15.6. The van der Waals surface area contributed by atoms with E-state index in [1.807, 2.05) is 13.8 Å². The highest BCUT2D eigenvalue weighted by Crippen LogP contribution is 2.41. The molecule has 2 aliphatic rings. The Hall–Kier alpha value is 0.130. The molecule has 0 aromatic heterocycles. The van der Waals surface area contributed by atoms with Crippen LogP contribution in [0.3, 0.4) is 0 Å². The minimum Gasteiger partial charge on any atom is -0.481 e. The van der Waals surface area contributed by atoms with E-state index in [2.05, 4.69) is 37.4 Å². The standard InChI is InChI=1S/C28H52O3S2/c1-27(2,21-29)19-7-5-11-22-13-9-15-24(32-22)17-18-25-16-10-14-23(33-25)12-6-8-20-28(3,4)26(30)31/h22-25,29H,5-21H2,1-4H3,(H,30,31). The molecule has 2 N–H and O–H groups in total. The van der Waals surface area contributed by atoms with Crippen molar-refractivity contribution in [2.45, 2.75) is 151 Å². The zero-order valence-electron chi connectivity index (χ0n) is 21.9. The molecule has 3 nitrogen and oxygen atoms in total. The van der Waals surface area contributed by atoms with Crippen molar-refractivity contribution < 1.29 is 15.0 Å². The van der Waals surface area contributed by atoms with Gasteiger partial charge in [0.15, 0.2) is 0 Å². The Morgan fingerprint density at radius 1 is 0.727 bits per heavy atom. The second kappa shape index (κ2) is 14.6. The van der Waals surface area contributed by atoms with Crippen molar-refractivity contribution >= 4 is 29.5 Å². The van der Waals surface area contributed by atoms with E-state index in [0.29, 0.717) is 6.61 Å². The summed E-state index contributed by atoms with van der Waals surface area (Å²) in [5, 5.41) is 22.1. The van der Waals surface area contributed by atoms with Crippen molar-refractivity contribution in [1.82, 2.24) is 0 Å². The summed E-state index contributed by atoms with van der Waals surface area (Å²) in [6.45, 7) is 8.36. The van der Waals surface area contributed by atoms with E-state index in [0.717, 1.165) is 40.3 Å². The highest BCUT2D eigenvalue weighted by Gasteiger charge is 2.28. The Morgan fingerprint density at radius 2 is 1.15 bits per heavy atom. The summed E-state index contributed by atoms with van der Waals surface area (Å²) in [6.07, 6.45) is 20.5. The maximum atomic E-state index is 11.3. The summed E-state index contributed by atoms with van der Waals surface area (Å²) in [7, 11) is 0. The van der Waals surface area contributed by atoms with E-state index in [-0.39, 0.29) is 5.41 Å². The minimum absolute atomic E-state index is 0.0901. The van der Waals surface area contributed by atoms with Crippen LogP contribution in [0.4, 0.5) is 0 Å². The maximum Gasteiger partial charge on any atom is 0.309 e. The van der Waals surface area contributed by atoms with Gasteiger partial charge in [0.1, 0.15) is 0 Å². The molecule has 2 rings (SSSR count). The summed E-state index contributed by atoms with van der Waals surface area (Å²) in [5.41, 5.74) is -0.486. The number of carbonyl (C=O) groups is 1. The van der Waals surface area contributed by atoms with Gasteiger partial charge in [0.05, 0.1) is 5.41 Å². The molecule has 5 heteroatoms. The third-order valence-electron chi connectivity index (χ3n) is 7.90. The fourth-order valence-corrected chi connectivity index (χ4v) is 8.73. The molecule has 0 amide bonds. The Labute approximate surface area is 213 Å². The lowest BCUT2D eigenvalue weighted by Crippen LogP contribution is -2.24. The number of thioether (sulfide) groups is 2. The summed E-state index contributed by atoms with van der Waals surface area (Å²) < 4.78 is 0. The van der Waals surface area contributed by atoms with Crippen LogP contribution in [-0.2, 0) is 4.79 Å². The largest absolute Gasteiger partial charge is 0.481 e. The van der Waals surface area contributed by atoms with E-state index in [4.69, 9.17) is 0 Å². The van der Waals surface area contributed by atoms with E-state index in [1.165, 1.54) is 83.5 Å². The minimum atomic E-state index is -0.664. The maximum absolute atomic E-state index is 11.3. The topological polar surface area (TPSA) is 57.5 Å². The van der Waals surface area contributed by atoms with E-state index >= 15 is 0 Å². The first-order valence-electron chi connectivity index (χ1n) is 13.8. The van der Waals surface area contributed by atoms with Crippen LogP contribution in [0.25, 0.3) is 0 Å². The van der Waals surface area contributed by atoms with Crippen LogP contribution in [0.15, 0.2) is 0 Å².